The van der Waals surface area contributed by atoms with Gasteiger partial charge >= 0.3 is 29.5 Å². The Kier molecular flexibility index (Phi) is 5.66. The molecule has 11 heteroatoms. The number of carbonyl (C=O) groups is 4. The summed E-state index contributed by atoms with van der Waals surface area (Å²) >= 11 is 0. The molecule has 1 aromatic carbocycles. The molecule has 234 valence electrons. The highest BCUT2D eigenvalue weighted by Gasteiger charge is 2.73. The molecule has 5 aliphatic rings. The Balaban J connectivity index is 1.37. The van der Waals surface area contributed by atoms with Crippen molar-refractivity contribution in [2.24, 2.45) is 22.7 Å². The van der Waals surface area contributed by atoms with E-state index >= 15 is 0 Å². The molecule has 6 atom stereocenters. The molecule has 0 radical (unpaired) electrons. The Morgan fingerprint density at radius 1 is 0.795 bits per heavy atom. The number of hydrogen-bond acceptors (Lipinski definition) is 11. The molecule has 2 aromatic rings. The molecule has 4 heterocycles. The molecule has 44 heavy (non-hydrogen) atoms. The topological polar surface area (TPSA) is 145 Å². The van der Waals surface area contributed by atoms with Crippen molar-refractivity contribution >= 4 is 34.8 Å². The quantitative estimate of drug-likeness (QED) is 0.279. The second-order valence-electron chi connectivity index (χ2n) is 14.6. The lowest BCUT2D eigenvalue weighted by atomic mass is 9.74. The third-order valence-electron chi connectivity index (χ3n) is 11.4. The summed E-state index contributed by atoms with van der Waals surface area (Å²) in [5.41, 5.74) is -5.68. The van der Waals surface area contributed by atoms with Gasteiger partial charge in [-0.05, 0) is 64.2 Å². The normalized spacial score (nSPS) is 35.1. The van der Waals surface area contributed by atoms with Crippen molar-refractivity contribution < 1.29 is 47.3 Å². The number of ether oxygens (including phenoxy) is 5. The summed E-state index contributed by atoms with van der Waals surface area (Å²) in [4.78, 5) is 66.4. The highest BCUT2D eigenvalue weighted by molar-refractivity contribution is 5.93. The number of hydrogen-bond donors (Lipinski definition) is 0. The Morgan fingerprint density at radius 2 is 1.34 bits per heavy atom. The van der Waals surface area contributed by atoms with Crippen molar-refractivity contribution in [2.45, 2.75) is 103 Å². The molecule has 1 aromatic heterocycles. The number of aryl methyl sites for hydroxylation is 1. The van der Waals surface area contributed by atoms with Gasteiger partial charge in [0.25, 0.3) is 0 Å². The molecule has 7 rings (SSSR count). The van der Waals surface area contributed by atoms with Crippen molar-refractivity contribution in [3.05, 3.63) is 39.7 Å². The molecule has 2 saturated carbocycles. The zero-order valence-corrected chi connectivity index (χ0v) is 25.9. The largest absolute Gasteiger partial charge is 0.483 e. The summed E-state index contributed by atoms with van der Waals surface area (Å²) in [7, 11) is 0. The molecule has 11 nitrogen and oxygen atoms in total. The van der Waals surface area contributed by atoms with Gasteiger partial charge in [0.05, 0.1) is 17.4 Å². The SMILES string of the molecule is Cc1cc(=O)oc2c3c(ccc12)OC(C)(C)[C@H](OC(=O)[C@@]12CC[C@@H](C(=O)O1)C2(C)C)[C@@H]3OC(=O)[C@@]12CC[C@@H](C(=O)O1)C2(C)C. The lowest BCUT2D eigenvalue weighted by Gasteiger charge is -2.45. The molecule has 2 aliphatic carbocycles. The van der Waals surface area contributed by atoms with Crippen LogP contribution < -0.4 is 10.4 Å². The molecule has 0 N–H and O–H groups in total. The van der Waals surface area contributed by atoms with Crippen molar-refractivity contribution in [1.29, 1.82) is 0 Å². The number of esters is 4. The van der Waals surface area contributed by atoms with Gasteiger partial charge in [0.2, 0.25) is 11.2 Å². The first-order valence-corrected chi connectivity index (χ1v) is 15.1. The zero-order valence-electron chi connectivity index (χ0n) is 25.9. The first-order valence-electron chi connectivity index (χ1n) is 15.1. The minimum Gasteiger partial charge on any atom is -0.483 e. The monoisotopic (exact) mass is 608 g/mol. The summed E-state index contributed by atoms with van der Waals surface area (Å²) in [6, 6.07) is 4.79. The van der Waals surface area contributed by atoms with E-state index in [1.165, 1.54) is 6.07 Å². The molecule has 3 aliphatic heterocycles. The fourth-order valence-corrected chi connectivity index (χ4v) is 8.46. The average Bonchev–Trinajstić information content (AvgIpc) is 3.49. The fraction of sp³-hybridized carbons (Fsp3) is 0.606. The minimum absolute atomic E-state index is 0.123. The lowest BCUT2D eigenvalue weighted by Crippen LogP contribution is -2.57. The van der Waals surface area contributed by atoms with E-state index in [1.54, 1.807) is 46.8 Å². The van der Waals surface area contributed by atoms with E-state index < -0.39 is 81.2 Å². The maximum absolute atomic E-state index is 14.3. The molecule has 4 fully saturated rings. The first-order chi connectivity index (χ1) is 20.5. The second kappa shape index (κ2) is 8.63. The summed E-state index contributed by atoms with van der Waals surface area (Å²) in [5, 5.41) is 0.576. The van der Waals surface area contributed by atoms with Gasteiger partial charge < -0.3 is 28.1 Å². The van der Waals surface area contributed by atoms with Crippen molar-refractivity contribution in [1.82, 2.24) is 0 Å². The molecule has 0 spiro atoms. The number of carbonyl (C=O) groups excluding carboxylic acids is 4. The molecule has 4 bridgehead atoms. The van der Waals surface area contributed by atoms with Crippen LogP contribution in [-0.2, 0) is 38.1 Å². The van der Waals surface area contributed by atoms with E-state index in [2.05, 4.69) is 0 Å². The van der Waals surface area contributed by atoms with Gasteiger partial charge in [-0.15, -0.1) is 0 Å². The van der Waals surface area contributed by atoms with Crippen LogP contribution in [0.3, 0.4) is 0 Å². The van der Waals surface area contributed by atoms with Crippen LogP contribution in [0, 0.1) is 29.6 Å². The molecular formula is C33H36O11. The Labute approximate surface area is 253 Å². The van der Waals surface area contributed by atoms with E-state index in [4.69, 9.17) is 28.1 Å². The minimum atomic E-state index is -1.55. The number of benzene rings is 1. The maximum Gasteiger partial charge on any atom is 0.351 e. The summed E-state index contributed by atoms with van der Waals surface area (Å²) in [5.74, 6) is -3.10. The van der Waals surface area contributed by atoms with Gasteiger partial charge in [-0.2, -0.15) is 0 Å². The predicted molar refractivity (Wildman–Crippen MR) is 151 cm³/mol. The summed E-state index contributed by atoms with van der Waals surface area (Å²) in [6.07, 6.45) is -1.10. The lowest BCUT2D eigenvalue weighted by molar-refractivity contribution is -0.217. The first kappa shape index (κ1) is 28.9. The van der Waals surface area contributed by atoms with Gasteiger partial charge in [0.1, 0.15) is 16.9 Å². The molecule has 0 unspecified atom stereocenters. The van der Waals surface area contributed by atoms with Gasteiger partial charge in [0.15, 0.2) is 12.2 Å². The maximum atomic E-state index is 14.3. The van der Waals surface area contributed by atoms with Crippen LogP contribution in [0.25, 0.3) is 11.0 Å². The van der Waals surface area contributed by atoms with E-state index in [-0.39, 0.29) is 29.7 Å². The Hall–Kier alpha value is -3.89. The highest BCUT2D eigenvalue weighted by atomic mass is 16.7. The zero-order chi connectivity index (χ0) is 31.8. The average molecular weight is 609 g/mol. The van der Waals surface area contributed by atoms with Crippen LogP contribution in [0.5, 0.6) is 5.75 Å². The van der Waals surface area contributed by atoms with Crippen LogP contribution >= 0.6 is 0 Å². The predicted octanol–water partition coefficient (Wildman–Crippen LogP) is 4.23. The molecular weight excluding hydrogens is 572 g/mol. The summed E-state index contributed by atoms with van der Waals surface area (Å²) < 4.78 is 36.0. The second-order valence-corrected chi connectivity index (χ2v) is 14.6. The standard InChI is InChI=1S/C33H36O11/c1-15-14-20(34)39-22-16(15)8-9-19-21(22)23(40-27(37)32-12-10-17(25(35)43-32)29(32,2)3)24(31(6,7)42-19)41-28(38)33-13-11-18(26(36)44-33)30(33,4)5/h8-9,14,17-18,23-24H,10-13H2,1-7H3/t17-,18-,23+,24+,32+,33+/m0/s1. The Bertz CT molecular complexity index is 1730. The van der Waals surface area contributed by atoms with Crippen LogP contribution in [0.15, 0.2) is 27.4 Å². The third kappa shape index (κ3) is 3.41. The smallest absolute Gasteiger partial charge is 0.351 e. The highest BCUT2D eigenvalue weighted by Crippen LogP contribution is 2.61. The van der Waals surface area contributed by atoms with E-state index in [0.29, 0.717) is 23.8 Å². The van der Waals surface area contributed by atoms with Crippen molar-refractivity contribution in [3.63, 3.8) is 0 Å². The van der Waals surface area contributed by atoms with E-state index in [1.807, 2.05) is 13.8 Å². The van der Waals surface area contributed by atoms with E-state index in [0.717, 1.165) is 0 Å². The third-order valence-corrected chi connectivity index (χ3v) is 11.4. The van der Waals surface area contributed by atoms with Crippen LogP contribution in [-0.4, -0.2) is 46.8 Å². The molecule has 0 amide bonds. The fourth-order valence-electron chi connectivity index (χ4n) is 8.46. The van der Waals surface area contributed by atoms with Crippen LogP contribution in [0.2, 0.25) is 0 Å². The number of rotatable bonds is 4. The van der Waals surface area contributed by atoms with Gasteiger partial charge in [-0.3, -0.25) is 9.59 Å². The molecule has 2 saturated heterocycles. The van der Waals surface area contributed by atoms with E-state index in [9.17, 15) is 24.0 Å². The van der Waals surface area contributed by atoms with Crippen molar-refractivity contribution in [3.8, 4) is 5.75 Å². The van der Waals surface area contributed by atoms with Crippen LogP contribution in [0.1, 0.15) is 84.5 Å². The Morgan fingerprint density at radius 3 is 1.84 bits per heavy atom. The van der Waals surface area contributed by atoms with Gasteiger partial charge in [-0.25, -0.2) is 14.4 Å². The van der Waals surface area contributed by atoms with Crippen LogP contribution in [0.4, 0.5) is 0 Å². The summed E-state index contributed by atoms with van der Waals surface area (Å²) in [6.45, 7) is 12.4. The van der Waals surface area contributed by atoms with Crippen molar-refractivity contribution in [2.75, 3.05) is 0 Å². The van der Waals surface area contributed by atoms with Gasteiger partial charge in [0, 0.05) is 22.3 Å². The number of fused-ring (bicyclic) bond motifs is 7. The van der Waals surface area contributed by atoms with Gasteiger partial charge in [-0.1, -0.05) is 27.7 Å².